The molecule has 1 aliphatic carbocycles. The highest BCUT2D eigenvalue weighted by Gasteiger charge is 2.15. The van der Waals surface area contributed by atoms with Gasteiger partial charge in [0, 0.05) is 10.5 Å². The van der Waals surface area contributed by atoms with Gasteiger partial charge in [0.15, 0.2) is 0 Å². The number of hydrogen-bond donors (Lipinski definition) is 1. The van der Waals surface area contributed by atoms with E-state index in [1.807, 2.05) is 18.2 Å². The number of hydrogen-bond acceptors (Lipinski definition) is 1. The zero-order valence-corrected chi connectivity index (χ0v) is 10.2. The molecule has 0 saturated heterocycles. The van der Waals surface area contributed by atoms with Gasteiger partial charge in [0.2, 0.25) is 0 Å². The first kappa shape index (κ1) is 10.3. The Morgan fingerprint density at radius 1 is 1.29 bits per heavy atom. The quantitative estimate of drug-likeness (QED) is 0.840. The summed E-state index contributed by atoms with van der Waals surface area (Å²) < 4.78 is 1.03. The molecule has 0 amide bonds. The van der Waals surface area contributed by atoms with Crippen LogP contribution in [0.2, 0.25) is 5.02 Å². The fourth-order valence-corrected chi connectivity index (χ4v) is 2.62. The highest BCUT2D eigenvalue weighted by atomic mass is 79.9. The van der Waals surface area contributed by atoms with Gasteiger partial charge in [-0.1, -0.05) is 40.4 Å². The van der Waals surface area contributed by atoms with Crippen LogP contribution in [0, 0.1) is 0 Å². The van der Waals surface area contributed by atoms with E-state index < -0.39 is 0 Å². The lowest BCUT2D eigenvalue weighted by atomic mass is 10.2. The molecule has 0 heterocycles. The van der Waals surface area contributed by atoms with Crippen LogP contribution >= 0.6 is 27.5 Å². The van der Waals surface area contributed by atoms with Crippen molar-refractivity contribution in [2.45, 2.75) is 31.7 Å². The minimum absolute atomic E-state index is 0.619. The number of benzene rings is 1. The molecule has 0 aromatic heterocycles. The van der Waals surface area contributed by atoms with Crippen LogP contribution in [-0.2, 0) is 0 Å². The molecule has 0 unspecified atom stereocenters. The van der Waals surface area contributed by atoms with Crippen molar-refractivity contribution < 1.29 is 0 Å². The minimum atomic E-state index is 0.619. The van der Waals surface area contributed by atoms with Gasteiger partial charge in [-0.25, -0.2) is 0 Å². The van der Waals surface area contributed by atoms with Gasteiger partial charge in [-0.15, -0.1) is 0 Å². The summed E-state index contributed by atoms with van der Waals surface area (Å²) in [5.41, 5.74) is 1.06. The second-order valence-corrected chi connectivity index (χ2v) is 5.07. The summed E-state index contributed by atoms with van der Waals surface area (Å²) in [6.45, 7) is 0. The summed E-state index contributed by atoms with van der Waals surface area (Å²) in [6.07, 6.45) is 5.22. The van der Waals surface area contributed by atoms with E-state index in [0.717, 1.165) is 15.2 Å². The normalized spacial score (nSPS) is 17.3. The molecule has 3 heteroatoms. The first-order valence-corrected chi connectivity index (χ1v) is 6.14. The van der Waals surface area contributed by atoms with Gasteiger partial charge in [0.1, 0.15) is 0 Å². The topological polar surface area (TPSA) is 12.0 Å². The van der Waals surface area contributed by atoms with Crippen molar-refractivity contribution in [2.75, 3.05) is 5.32 Å². The summed E-state index contributed by atoms with van der Waals surface area (Å²) in [7, 11) is 0. The lowest BCUT2D eigenvalue weighted by molar-refractivity contribution is 0.755. The second-order valence-electron chi connectivity index (χ2n) is 3.75. The van der Waals surface area contributed by atoms with Crippen molar-refractivity contribution in [1.29, 1.82) is 0 Å². The molecule has 1 saturated carbocycles. The van der Waals surface area contributed by atoms with E-state index in [9.17, 15) is 0 Å². The Kier molecular flexibility index (Phi) is 3.34. The van der Waals surface area contributed by atoms with Crippen molar-refractivity contribution >= 4 is 33.2 Å². The van der Waals surface area contributed by atoms with Crippen molar-refractivity contribution in [3.63, 3.8) is 0 Å². The van der Waals surface area contributed by atoms with Crippen LogP contribution in [0.25, 0.3) is 0 Å². The molecule has 2 rings (SSSR count). The molecule has 1 aliphatic rings. The Labute approximate surface area is 98.0 Å². The predicted molar refractivity (Wildman–Crippen MR) is 65.0 cm³/mol. The van der Waals surface area contributed by atoms with E-state index >= 15 is 0 Å². The maximum atomic E-state index is 6.12. The Hall–Kier alpha value is -0.210. The second kappa shape index (κ2) is 4.54. The van der Waals surface area contributed by atoms with Crippen LogP contribution in [0.4, 0.5) is 5.69 Å². The van der Waals surface area contributed by atoms with E-state index in [1.54, 1.807) is 0 Å². The van der Waals surface area contributed by atoms with Crippen molar-refractivity contribution in [3.05, 3.63) is 27.7 Å². The smallest absolute Gasteiger partial charge is 0.0648 e. The molecule has 1 aromatic carbocycles. The predicted octanol–water partition coefficient (Wildman–Crippen LogP) is 4.46. The Morgan fingerprint density at radius 2 is 2.00 bits per heavy atom. The Morgan fingerprint density at radius 3 is 2.64 bits per heavy atom. The zero-order valence-electron chi connectivity index (χ0n) is 7.89. The molecule has 0 spiro atoms. The highest BCUT2D eigenvalue weighted by molar-refractivity contribution is 9.10. The van der Waals surface area contributed by atoms with Crippen LogP contribution < -0.4 is 5.32 Å². The van der Waals surface area contributed by atoms with Gasteiger partial charge in [-0.3, -0.25) is 0 Å². The van der Waals surface area contributed by atoms with Crippen LogP contribution in [0.3, 0.4) is 0 Å². The average Bonchev–Trinajstić information content (AvgIpc) is 2.62. The van der Waals surface area contributed by atoms with Crippen LogP contribution in [-0.4, -0.2) is 6.04 Å². The van der Waals surface area contributed by atoms with Gasteiger partial charge < -0.3 is 5.32 Å². The SMILES string of the molecule is Clc1cc(Br)ccc1NC1CCCC1. The number of nitrogens with one attached hydrogen (secondary N) is 1. The standard InChI is InChI=1S/C11H13BrClN/c12-8-5-6-11(10(13)7-8)14-9-3-1-2-4-9/h5-7,9,14H,1-4H2. The third-order valence-corrected chi connectivity index (χ3v) is 3.45. The first-order chi connectivity index (χ1) is 6.75. The lowest BCUT2D eigenvalue weighted by Crippen LogP contribution is -2.14. The molecule has 0 aliphatic heterocycles. The van der Waals surface area contributed by atoms with E-state index in [4.69, 9.17) is 11.6 Å². The molecule has 1 nitrogen and oxygen atoms in total. The fraction of sp³-hybridized carbons (Fsp3) is 0.455. The molecule has 76 valence electrons. The molecule has 1 aromatic rings. The van der Waals surface area contributed by atoms with Gasteiger partial charge >= 0.3 is 0 Å². The van der Waals surface area contributed by atoms with E-state index in [1.165, 1.54) is 25.7 Å². The Balaban J connectivity index is 2.08. The molecule has 1 fully saturated rings. The summed E-state index contributed by atoms with van der Waals surface area (Å²) in [5, 5.41) is 4.28. The summed E-state index contributed by atoms with van der Waals surface area (Å²) >= 11 is 9.51. The lowest BCUT2D eigenvalue weighted by Gasteiger charge is -2.14. The van der Waals surface area contributed by atoms with Crippen LogP contribution in [0.1, 0.15) is 25.7 Å². The number of anilines is 1. The van der Waals surface area contributed by atoms with E-state index in [-0.39, 0.29) is 0 Å². The molecule has 0 atom stereocenters. The van der Waals surface area contributed by atoms with Gasteiger partial charge in [0.25, 0.3) is 0 Å². The maximum Gasteiger partial charge on any atom is 0.0648 e. The molecule has 1 N–H and O–H groups in total. The highest BCUT2D eigenvalue weighted by Crippen LogP contribution is 2.29. The monoisotopic (exact) mass is 273 g/mol. The minimum Gasteiger partial charge on any atom is -0.381 e. The van der Waals surface area contributed by atoms with Crippen LogP contribution in [0.15, 0.2) is 22.7 Å². The molecular formula is C11H13BrClN. The van der Waals surface area contributed by atoms with Crippen molar-refractivity contribution in [2.24, 2.45) is 0 Å². The summed E-state index contributed by atoms with van der Waals surface area (Å²) in [4.78, 5) is 0. The summed E-state index contributed by atoms with van der Waals surface area (Å²) in [5.74, 6) is 0. The average molecular weight is 275 g/mol. The van der Waals surface area contributed by atoms with Crippen molar-refractivity contribution in [3.8, 4) is 0 Å². The molecule has 14 heavy (non-hydrogen) atoms. The molecule has 0 radical (unpaired) electrons. The third kappa shape index (κ3) is 2.43. The zero-order chi connectivity index (χ0) is 9.97. The number of halogens is 2. The first-order valence-electron chi connectivity index (χ1n) is 4.97. The van der Waals surface area contributed by atoms with E-state index in [2.05, 4.69) is 21.2 Å². The number of rotatable bonds is 2. The summed E-state index contributed by atoms with van der Waals surface area (Å²) in [6, 6.07) is 6.60. The fourth-order valence-electron chi connectivity index (χ4n) is 1.90. The third-order valence-electron chi connectivity index (χ3n) is 2.65. The van der Waals surface area contributed by atoms with Gasteiger partial charge in [-0.2, -0.15) is 0 Å². The van der Waals surface area contributed by atoms with Crippen molar-refractivity contribution in [1.82, 2.24) is 0 Å². The van der Waals surface area contributed by atoms with Gasteiger partial charge in [0.05, 0.1) is 10.7 Å². The molecular weight excluding hydrogens is 261 g/mol. The van der Waals surface area contributed by atoms with E-state index in [0.29, 0.717) is 6.04 Å². The molecule has 0 bridgehead atoms. The largest absolute Gasteiger partial charge is 0.381 e. The maximum absolute atomic E-state index is 6.12. The van der Waals surface area contributed by atoms with Crippen LogP contribution in [0.5, 0.6) is 0 Å². The van der Waals surface area contributed by atoms with Gasteiger partial charge in [-0.05, 0) is 31.0 Å². The Bertz CT molecular complexity index is 321.